The maximum Gasteiger partial charge on any atom is 0.129 e. The highest BCUT2D eigenvalue weighted by atomic mass is 16.5. The van der Waals surface area contributed by atoms with Gasteiger partial charge in [-0.2, -0.15) is 0 Å². The van der Waals surface area contributed by atoms with Gasteiger partial charge in [-0.1, -0.05) is 12.7 Å². The summed E-state index contributed by atoms with van der Waals surface area (Å²) in [5.74, 6) is 1.39. The number of hydrogen-bond donors (Lipinski definition) is 1. The number of benzene rings is 1. The standard InChI is InChI=1S/C12H14O3/c1-3-12(13)6-7-15-11-8-9(14-2)4-5-10(11)12/h3-5,8,13H,1,6-7H2,2H3. The lowest BCUT2D eigenvalue weighted by Crippen LogP contribution is -2.30. The Kier molecular flexibility index (Phi) is 2.40. The largest absolute Gasteiger partial charge is 0.497 e. The average molecular weight is 206 g/mol. The second-order valence-electron chi connectivity index (χ2n) is 3.59. The lowest BCUT2D eigenvalue weighted by Gasteiger charge is -2.31. The molecule has 1 unspecified atom stereocenters. The van der Waals surface area contributed by atoms with Gasteiger partial charge in [0.05, 0.1) is 13.7 Å². The van der Waals surface area contributed by atoms with Gasteiger partial charge in [-0.25, -0.2) is 0 Å². The molecule has 0 amide bonds. The van der Waals surface area contributed by atoms with E-state index < -0.39 is 5.60 Å². The smallest absolute Gasteiger partial charge is 0.129 e. The molecule has 1 atom stereocenters. The van der Waals surface area contributed by atoms with Gasteiger partial charge < -0.3 is 14.6 Å². The van der Waals surface area contributed by atoms with Crippen molar-refractivity contribution in [2.24, 2.45) is 0 Å². The van der Waals surface area contributed by atoms with Crippen molar-refractivity contribution in [3.63, 3.8) is 0 Å². The number of methoxy groups -OCH3 is 1. The summed E-state index contributed by atoms with van der Waals surface area (Å²) in [6, 6.07) is 5.40. The second kappa shape index (κ2) is 3.59. The van der Waals surface area contributed by atoms with Gasteiger partial charge in [0.1, 0.15) is 17.1 Å². The number of ether oxygens (including phenoxy) is 2. The van der Waals surface area contributed by atoms with Crippen LogP contribution in [0.2, 0.25) is 0 Å². The lowest BCUT2D eigenvalue weighted by atomic mass is 9.88. The van der Waals surface area contributed by atoms with Gasteiger partial charge in [-0.15, -0.1) is 0 Å². The molecule has 15 heavy (non-hydrogen) atoms. The molecule has 1 heterocycles. The summed E-state index contributed by atoms with van der Waals surface area (Å²) >= 11 is 0. The zero-order valence-corrected chi connectivity index (χ0v) is 8.69. The van der Waals surface area contributed by atoms with E-state index in [0.717, 1.165) is 11.3 Å². The molecule has 0 aliphatic carbocycles. The van der Waals surface area contributed by atoms with Gasteiger partial charge in [0.15, 0.2) is 0 Å². The van der Waals surface area contributed by atoms with Crippen LogP contribution in [0.5, 0.6) is 11.5 Å². The van der Waals surface area contributed by atoms with Gasteiger partial charge in [0.2, 0.25) is 0 Å². The first-order valence-corrected chi connectivity index (χ1v) is 4.87. The highest BCUT2D eigenvalue weighted by Crippen LogP contribution is 2.39. The molecule has 1 aromatic carbocycles. The van der Waals surface area contributed by atoms with Crippen LogP contribution in [0, 0.1) is 0 Å². The number of rotatable bonds is 2. The Balaban J connectivity index is 2.49. The van der Waals surface area contributed by atoms with E-state index in [1.54, 1.807) is 19.3 Å². The Labute approximate surface area is 88.9 Å². The van der Waals surface area contributed by atoms with E-state index in [2.05, 4.69) is 6.58 Å². The summed E-state index contributed by atoms with van der Waals surface area (Å²) in [5.41, 5.74) is -0.218. The molecule has 3 nitrogen and oxygen atoms in total. The number of hydrogen-bond acceptors (Lipinski definition) is 3. The molecule has 1 N–H and O–H groups in total. The van der Waals surface area contributed by atoms with Crippen LogP contribution >= 0.6 is 0 Å². The van der Waals surface area contributed by atoms with E-state index >= 15 is 0 Å². The van der Waals surface area contributed by atoms with Crippen molar-refractivity contribution in [1.82, 2.24) is 0 Å². The van der Waals surface area contributed by atoms with Crippen LogP contribution in [0.1, 0.15) is 12.0 Å². The van der Waals surface area contributed by atoms with Gasteiger partial charge in [0, 0.05) is 18.1 Å². The van der Waals surface area contributed by atoms with E-state index in [4.69, 9.17) is 9.47 Å². The first-order chi connectivity index (χ1) is 7.19. The van der Waals surface area contributed by atoms with Crippen LogP contribution in [0.3, 0.4) is 0 Å². The molecule has 0 saturated carbocycles. The predicted octanol–water partition coefficient (Wildman–Crippen LogP) is 1.85. The van der Waals surface area contributed by atoms with Crippen LogP contribution in [-0.4, -0.2) is 18.8 Å². The molecule has 0 spiro atoms. The van der Waals surface area contributed by atoms with Gasteiger partial charge >= 0.3 is 0 Å². The van der Waals surface area contributed by atoms with E-state index in [-0.39, 0.29) is 0 Å². The predicted molar refractivity (Wildman–Crippen MR) is 57.2 cm³/mol. The molecule has 1 aromatic rings. The third-order valence-electron chi connectivity index (χ3n) is 2.73. The van der Waals surface area contributed by atoms with Crippen molar-refractivity contribution in [2.45, 2.75) is 12.0 Å². The van der Waals surface area contributed by atoms with Crippen molar-refractivity contribution in [1.29, 1.82) is 0 Å². The quantitative estimate of drug-likeness (QED) is 0.750. The Morgan fingerprint density at radius 2 is 2.40 bits per heavy atom. The minimum Gasteiger partial charge on any atom is -0.497 e. The molecule has 0 bridgehead atoms. The summed E-state index contributed by atoms with van der Waals surface area (Å²) in [6.07, 6.45) is 2.09. The normalized spacial score (nSPS) is 23.9. The fraction of sp³-hybridized carbons (Fsp3) is 0.333. The van der Waals surface area contributed by atoms with Crippen LogP contribution in [-0.2, 0) is 5.60 Å². The summed E-state index contributed by atoms with van der Waals surface area (Å²) in [6.45, 7) is 4.15. The first-order valence-electron chi connectivity index (χ1n) is 4.87. The van der Waals surface area contributed by atoms with Crippen molar-refractivity contribution < 1.29 is 14.6 Å². The first kappa shape index (κ1) is 10.1. The van der Waals surface area contributed by atoms with Crippen molar-refractivity contribution in [3.05, 3.63) is 36.4 Å². The summed E-state index contributed by atoms with van der Waals surface area (Å²) in [4.78, 5) is 0. The van der Waals surface area contributed by atoms with Crippen LogP contribution in [0.15, 0.2) is 30.9 Å². The maximum absolute atomic E-state index is 10.3. The topological polar surface area (TPSA) is 38.7 Å². The molecular formula is C12H14O3. The lowest BCUT2D eigenvalue weighted by molar-refractivity contribution is 0.0423. The second-order valence-corrected chi connectivity index (χ2v) is 3.59. The molecule has 0 radical (unpaired) electrons. The van der Waals surface area contributed by atoms with Crippen molar-refractivity contribution >= 4 is 0 Å². The third-order valence-corrected chi connectivity index (χ3v) is 2.73. The van der Waals surface area contributed by atoms with E-state index in [0.29, 0.717) is 18.8 Å². The Bertz CT molecular complexity index is 386. The van der Waals surface area contributed by atoms with Crippen molar-refractivity contribution in [3.8, 4) is 11.5 Å². The zero-order valence-electron chi connectivity index (χ0n) is 8.69. The van der Waals surface area contributed by atoms with E-state index in [1.807, 2.05) is 12.1 Å². The fourth-order valence-corrected chi connectivity index (χ4v) is 1.77. The average Bonchev–Trinajstić information content (AvgIpc) is 2.29. The molecular weight excluding hydrogens is 192 g/mol. The number of fused-ring (bicyclic) bond motifs is 1. The minimum atomic E-state index is -0.972. The van der Waals surface area contributed by atoms with Crippen molar-refractivity contribution in [2.75, 3.05) is 13.7 Å². The molecule has 0 aromatic heterocycles. The van der Waals surface area contributed by atoms with E-state index in [9.17, 15) is 5.11 Å². The Morgan fingerprint density at radius 3 is 3.07 bits per heavy atom. The highest BCUT2D eigenvalue weighted by Gasteiger charge is 2.32. The molecule has 1 aliphatic rings. The highest BCUT2D eigenvalue weighted by molar-refractivity contribution is 5.46. The molecule has 0 saturated heterocycles. The van der Waals surface area contributed by atoms with Crippen LogP contribution in [0.25, 0.3) is 0 Å². The summed E-state index contributed by atoms with van der Waals surface area (Å²) < 4.78 is 10.6. The monoisotopic (exact) mass is 206 g/mol. The van der Waals surface area contributed by atoms with Gasteiger partial charge in [-0.3, -0.25) is 0 Å². The molecule has 0 fully saturated rings. The maximum atomic E-state index is 10.3. The SMILES string of the molecule is C=CC1(O)CCOc2cc(OC)ccc21. The van der Waals surface area contributed by atoms with Crippen LogP contribution in [0.4, 0.5) is 0 Å². The van der Waals surface area contributed by atoms with Crippen LogP contribution < -0.4 is 9.47 Å². The Hall–Kier alpha value is -1.48. The molecule has 80 valence electrons. The minimum absolute atomic E-state index is 0.489. The summed E-state index contributed by atoms with van der Waals surface area (Å²) in [5, 5.41) is 10.3. The zero-order chi connectivity index (χ0) is 10.9. The van der Waals surface area contributed by atoms with Gasteiger partial charge in [-0.05, 0) is 12.1 Å². The third kappa shape index (κ3) is 1.59. The summed E-state index contributed by atoms with van der Waals surface area (Å²) in [7, 11) is 1.60. The Morgan fingerprint density at radius 1 is 1.60 bits per heavy atom. The molecule has 2 rings (SSSR count). The van der Waals surface area contributed by atoms with E-state index in [1.165, 1.54) is 0 Å². The fourth-order valence-electron chi connectivity index (χ4n) is 1.77. The molecule has 3 heteroatoms. The number of aliphatic hydroxyl groups is 1. The molecule has 1 aliphatic heterocycles. The van der Waals surface area contributed by atoms with Gasteiger partial charge in [0.25, 0.3) is 0 Å².